The Hall–Kier alpha value is -1.35. The molecule has 1 heterocycles. The number of alkyl halides is 1. The molecule has 4 heteroatoms. The molecule has 0 radical (unpaired) electrons. The van der Waals surface area contributed by atoms with Gasteiger partial charge in [-0.3, -0.25) is 0 Å². The second-order valence-corrected chi connectivity index (χ2v) is 5.04. The summed E-state index contributed by atoms with van der Waals surface area (Å²) in [4.78, 5) is 0. The van der Waals surface area contributed by atoms with Gasteiger partial charge in [-0.15, -0.1) is 16.7 Å². The molecule has 2 rings (SSSR count). The van der Waals surface area contributed by atoms with E-state index in [1.165, 1.54) is 5.56 Å². The molecule has 0 aliphatic heterocycles. The highest BCUT2D eigenvalue weighted by atomic mass is 35.5. The zero-order chi connectivity index (χ0) is 13.0. The number of hydrogen-bond acceptors (Lipinski definition) is 2. The summed E-state index contributed by atoms with van der Waals surface area (Å²) in [6.45, 7) is 4.37. The summed E-state index contributed by atoms with van der Waals surface area (Å²) in [5.41, 5.74) is 3.39. The summed E-state index contributed by atoms with van der Waals surface area (Å²) in [6, 6.07) is 8.31. The molecule has 0 aliphatic carbocycles. The Kier molecular flexibility index (Phi) is 4.37. The highest BCUT2D eigenvalue weighted by Crippen LogP contribution is 2.22. The predicted octanol–water partition coefficient (Wildman–Crippen LogP) is 3.56. The maximum atomic E-state index is 5.69. The smallest absolute Gasteiger partial charge is 0.0832 e. The van der Waals surface area contributed by atoms with Crippen molar-refractivity contribution in [3.05, 3.63) is 41.7 Å². The van der Waals surface area contributed by atoms with Crippen molar-refractivity contribution >= 4 is 11.6 Å². The third kappa shape index (κ3) is 2.91. The Balaban J connectivity index is 2.28. The minimum Gasteiger partial charge on any atom is -0.220 e. The third-order valence-electron chi connectivity index (χ3n) is 2.91. The molecule has 96 valence electrons. The fraction of sp³-hybridized carbons (Fsp3) is 0.429. The Morgan fingerprint density at radius 3 is 2.78 bits per heavy atom. The standard InChI is InChI=1S/C14H18ClN3/c1-11(2)13-7-3-4-8-14(13)18-10-12(16-17-18)6-5-9-15/h3-4,7-8,10-11H,5-6,9H2,1-2H3. The Labute approximate surface area is 113 Å². The topological polar surface area (TPSA) is 30.7 Å². The van der Waals surface area contributed by atoms with E-state index in [4.69, 9.17) is 11.6 Å². The van der Waals surface area contributed by atoms with Crippen LogP contribution in [0, 0.1) is 0 Å². The molecule has 0 saturated heterocycles. The fourth-order valence-electron chi connectivity index (χ4n) is 1.96. The van der Waals surface area contributed by atoms with Gasteiger partial charge in [0.25, 0.3) is 0 Å². The number of halogens is 1. The highest BCUT2D eigenvalue weighted by molar-refractivity contribution is 6.17. The van der Waals surface area contributed by atoms with Crippen LogP contribution >= 0.6 is 11.6 Å². The number of para-hydroxylation sites is 1. The van der Waals surface area contributed by atoms with Crippen molar-refractivity contribution in [3.63, 3.8) is 0 Å². The van der Waals surface area contributed by atoms with Crippen molar-refractivity contribution in [2.45, 2.75) is 32.6 Å². The Morgan fingerprint density at radius 1 is 1.28 bits per heavy atom. The molecule has 0 atom stereocenters. The van der Waals surface area contributed by atoms with Crippen LogP contribution in [-0.2, 0) is 6.42 Å². The molecule has 0 unspecified atom stereocenters. The minimum atomic E-state index is 0.469. The molecule has 0 aliphatic rings. The SMILES string of the molecule is CC(C)c1ccccc1-n1cc(CCCCl)nn1. The van der Waals surface area contributed by atoms with Crippen molar-refractivity contribution in [3.8, 4) is 5.69 Å². The Morgan fingerprint density at radius 2 is 2.06 bits per heavy atom. The summed E-state index contributed by atoms with van der Waals surface area (Å²) in [5, 5.41) is 8.39. The van der Waals surface area contributed by atoms with Gasteiger partial charge in [0, 0.05) is 5.88 Å². The van der Waals surface area contributed by atoms with Gasteiger partial charge in [-0.1, -0.05) is 37.3 Å². The van der Waals surface area contributed by atoms with E-state index in [1.54, 1.807) is 0 Å². The van der Waals surface area contributed by atoms with Crippen LogP contribution in [0.3, 0.4) is 0 Å². The molecule has 0 fully saturated rings. The van der Waals surface area contributed by atoms with Crippen LogP contribution in [0.1, 0.15) is 37.4 Å². The average molecular weight is 264 g/mol. The number of hydrogen-bond donors (Lipinski definition) is 0. The molecule has 0 saturated carbocycles. The first kappa shape index (κ1) is 13.1. The first-order valence-electron chi connectivity index (χ1n) is 6.29. The molecule has 3 nitrogen and oxygen atoms in total. The van der Waals surface area contributed by atoms with Gasteiger partial charge < -0.3 is 0 Å². The van der Waals surface area contributed by atoms with Crippen molar-refractivity contribution in [1.29, 1.82) is 0 Å². The molecular weight excluding hydrogens is 246 g/mol. The molecule has 0 amide bonds. The normalized spacial score (nSPS) is 11.1. The van der Waals surface area contributed by atoms with Gasteiger partial charge >= 0.3 is 0 Å². The summed E-state index contributed by atoms with van der Waals surface area (Å²) >= 11 is 5.69. The average Bonchev–Trinajstić information content (AvgIpc) is 2.85. The van der Waals surface area contributed by atoms with E-state index in [1.807, 2.05) is 16.9 Å². The van der Waals surface area contributed by atoms with Crippen molar-refractivity contribution in [2.75, 3.05) is 5.88 Å². The second kappa shape index (κ2) is 6.01. The largest absolute Gasteiger partial charge is 0.220 e. The molecule has 0 N–H and O–H groups in total. The van der Waals surface area contributed by atoms with Crippen LogP contribution in [0.15, 0.2) is 30.5 Å². The fourth-order valence-corrected chi connectivity index (χ4v) is 2.10. The Bertz CT molecular complexity index is 505. The highest BCUT2D eigenvalue weighted by Gasteiger charge is 2.09. The number of benzene rings is 1. The molecule has 18 heavy (non-hydrogen) atoms. The van der Waals surface area contributed by atoms with E-state index >= 15 is 0 Å². The maximum Gasteiger partial charge on any atom is 0.0832 e. The summed E-state index contributed by atoms with van der Waals surface area (Å²) in [6.07, 6.45) is 3.81. The molecule has 0 spiro atoms. The van der Waals surface area contributed by atoms with E-state index in [0.29, 0.717) is 11.8 Å². The van der Waals surface area contributed by atoms with Crippen molar-refractivity contribution < 1.29 is 0 Å². The van der Waals surface area contributed by atoms with E-state index < -0.39 is 0 Å². The van der Waals surface area contributed by atoms with Crippen molar-refractivity contribution in [2.24, 2.45) is 0 Å². The third-order valence-corrected chi connectivity index (χ3v) is 3.18. The van der Waals surface area contributed by atoms with Crippen molar-refractivity contribution in [1.82, 2.24) is 15.0 Å². The van der Waals surface area contributed by atoms with E-state index in [9.17, 15) is 0 Å². The van der Waals surface area contributed by atoms with Crippen LogP contribution in [0.2, 0.25) is 0 Å². The van der Waals surface area contributed by atoms with Gasteiger partial charge in [0.15, 0.2) is 0 Å². The molecular formula is C14H18ClN3. The van der Waals surface area contributed by atoms with Gasteiger partial charge in [0.05, 0.1) is 17.6 Å². The lowest BCUT2D eigenvalue weighted by atomic mass is 10.0. The van der Waals surface area contributed by atoms with Gasteiger partial charge in [-0.05, 0) is 30.4 Å². The monoisotopic (exact) mass is 263 g/mol. The number of aromatic nitrogens is 3. The first-order valence-corrected chi connectivity index (χ1v) is 6.82. The van der Waals surface area contributed by atoms with E-state index in [2.05, 4.69) is 42.4 Å². The molecule has 0 bridgehead atoms. The predicted molar refractivity (Wildman–Crippen MR) is 74.5 cm³/mol. The van der Waals surface area contributed by atoms with E-state index in [0.717, 1.165) is 24.2 Å². The van der Waals surface area contributed by atoms with Crippen LogP contribution in [-0.4, -0.2) is 20.9 Å². The number of aryl methyl sites for hydroxylation is 1. The van der Waals surface area contributed by atoms with Crippen LogP contribution in [0.25, 0.3) is 5.69 Å². The summed E-state index contributed by atoms with van der Waals surface area (Å²) in [5.74, 6) is 1.13. The molecule has 2 aromatic rings. The van der Waals surface area contributed by atoms with Gasteiger partial charge in [0.2, 0.25) is 0 Å². The number of rotatable bonds is 5. The lowest BCUT2D eigenvalue weighted by molar-refractivity contribution is 0.765. The van der Waals surface area contributed by atoms with Crippen LogP contribution in [0.4, 0.5) is 0 Å². The summed E-state index contributed by atoms with van der Waals surface area (Å²) in [7, 11) is 0. The zero-order valence-corrected chi connectivity index (χ0v) is 11.6. The lowest BCUT2D eigenvalue weighted by Crippen LogP contribution is -2.01. The maximum absolute atomic E-state index is 5.69. The van der Waals surface area contributed by atoms with Gasteiger partial charge in [-0.25, -0.2) is 4.68 Å². The number of nitrogens with zero attached hydrogens (tertiary/aromatic N) is 3. The van der Waals surface area contributed by atoms with Gasteiger partial charge in [-0.2, -0.15) is 0 Å². The quantitative estimate of drug-likeness (QED) is 0.773. The minimum absolute atomic E-state index is 0.469. The first-order chi connectivity index (χ1) is 8.72. The van der Waals surface area contributed by atoms with Crippen LogP contribution in [0.5, 0.6) is 0 Å². The second-order valence-electron chi connectivity index (χ2n) is 4.66. The van der Waals surface area contributed by atoms with E-state index in [-0.39, 0.29) is 0 Å². The molecule has 1 aromatic carbocycles. The summed E-state index contributed by atoms with van der Waals surface area (Å²) < 4.78 is 1.86. The zero-order valence-electron chi connectivity index (χ0n) is 10.8. The van der Waals surface area contributed by atoms with Gasteiger partial charge in [0.1, 0.15) is 0 Å². The lowest BCUT2D eigenvalue weighted by Gasteiger charge is -2.11. The molecule has 1 aromatic heterocycles. The van der Waals surface area contributed by atoms with Crippen LogP contribution < -0.4 is 0 Å².